The van der Waals surface area contributed by atoms with Gasteiger partial charge in [-0.2, -0.15) is 0 Å². The van der Waals surface area contributed by atoms with E-state index >= 15 is 0 Å². The monoisotopic (exact) mass is 421 g/mol. The van der Waals surface area contributed by atoms with E-state index in [0.717, 1.165) is 44.2 Å². The molecule has 126 valence electrons. The lowest BCUT2D eigenvalue weighted by atomic mass is 10.1. The molecule has 0 unspecified atom stereocenters. The van der Waals surface area contributed by atoms with Crippen molar-refractivity contribution in [3.05, 3.63) is 29.8 Å². The summed E-state index contributed by atoms with van der Waals surface area (Å²) in [4.78, 5) is 4.16. The van der Waals surface area contributed by atoms with Crippen LogP contribution in [0.25, 0.3) is 0 Å². The van der Waals surface area contributed by atoms with E-state index in [1.54, 1.807) is 14.2 Å². The Labute approximate surface area is 150 Å². The summed E-state index contributed by atoms with van der Waals surface area (Å²) in [6.07, 6.45) is 1.95. The Morgan fingerprint density at radius 3 is 2.64 bits per heavy atom. The van der Waals surface area contributed by atoms with Crippen molar-refractivity contribution in [2.45, 2.75) is 19.8 Å². The molecule has 0 heterocycles. The van der Waals surface area contributed by atoms with Gasteiger partial charge in [-0.3, -0.25) is 4.99 Å². The molecule has 1 rings (SSSR count). The third-order valence-corrected chi connectivity index (χ3v) is 2.90. The van der Waals surface area contributed by atoms with E-state index in [1.165, 1.54) is 5.56 Å². The molecule has 0 spiro atoms. The minimum Gasteiger partial charge on any atom is -0.494 e. The molecule has 2 N–H and O–H groups in total. The molecular formula is C16H28IN3O2. The second kappa shape index (κ2) is 13.6. The first-order chi connectivity index (χ1) is 10.3. The van der Waals surface area contributed by atoms with Crippen LogP contribution in [0.15, 0.2) is 29.3 Å². The third-order valence-electron chi connectivity index (χ3n) is 2.90. The van der Waals surface area contributed by atoms with Crippen LogP contribution in [-0.2, 0) is 11.2 Å². The van der Waals surface area contributed by atoms with Crippen molar-refractivity contribution in [2.24, 2.45) is 4.99 Å². The number of nitrogens with one attached hydrogen (secondary N) is 2. The molecule has 0 aliphatic carbocycles. The normalized spacial score (nSPS) is 10.8. The van der Waals surface area contributed by atoms with Gasteiger partial charge in [0.2, 0.25) is 0 Å². The molecule has 5 nitrogen and oxygen atoms in total. The van der Waals surface area contributed by atoms with Gasteiger partial charge in [0.25, 0.3) is 0 Å². The lowest BCUT2D eigenvalue weighted by molar-refractivity contribution is 0.203. The van der Waals surface area contributed by atoms with Gasteiger partial charge in [0.15, 0.2) is 5.96 Å². The molecule has 0 fully saturated rings. The summed E-state index contributed by atoms with van der Waals surface area (Å²) < 4.78 is 10.6. The predicted octanol–water partition coefficient (Wildman–Crippen LogP) is 2.45. The Morgan fingerprint density at radius 1 is 1.18 bits per heavy atom. The summed E-state index contributed by atoms with van der Waals surface area (Å²) in [6, 6.07) is 8.24. The summed E-state index contributed by atoms with van der Waals surface area (Å²) >= 11 is 0. The Hall–Kier alpha value is -1.02. The number of guanidine groups is 1. The number of methoxy groups -OCH3 is 1. The highest BCUT2D eigenvalue weighted by Crippen LogP contribution is 2.13. The van der Waals surface area contributed by atoms with Crippen LogP contribution < -0.4 is 15.4 Å². The molecule has 0 saturated carbocycles. The molecule has 0 atom stereocenters. The zero-order valence-corrected chi connectivity index (χ0v) is 16.1. The van der Waals surface area contributed by atoms with Crippen LogP contribution in [0.1, 0.15) is 18.9 Å². The third kappa shape index (κ3) is 9.09. The van der Waals surface area contributed by atoms with Crippen LogP contribution in [0.3, 0.4) is 0 Å². The fraction of sp³-hybridized carbons (Fsp3) is 0.562. The van der Waals surface area contributed by atoms with Crippen LogP contribution in [0.5, 0.6) is 5.75 Å². The van der Waals surface area contributed by atoms with Gasteiger partial charge in [0, 0.05) is 27.2 Å². The first kappa shape index (κ1) is 21.0. The summed E-state index contributed by atoms with van der Waals surface area (Å²) in [5.41, 5.74) is 1.25. The van der Waals surface area contributed by atoms with Gasteiger partial charge in [0.1, 0.15) is 5.75 Å². The number of hydrogen-bond acceptors (Lipinski definition) is 3. The topological polar surface area (TPSA) is 54.9 Å². The van der Waals surface area contributed by atoms with Crippen LogP contribution in [0.2, 0.25) is 0 Å². The Kier molecular flexibility index (Phi) is 13.0. The molecule has 1 aromatic rings. The van der Waals surface area contributed by atoms with E-state index < -0.39 is 0 Å². The maximum absolute atomic E-state index is 5.64. The zero-order valence-electron chi connectivity index (χ0n) is 13.7. The maximum atomic E-state index is 5.64. The highest BCUT2D eigenvalue weighted by molar-refractivity contribution is 14.0. The molecule has 6 heteroatoms. The zero-order chi connectivity index (χ0) is 15.3. The lowest BCUT2D eigenvalue weighted by Crippen LogP contribution is -2.39. The Balaban J connectivity index is 0.00000441. The second-order valence-electron chi connectivity index (χ2n) is 4.66. The number of hydrogen-bond donors (Lipinski definition) is 2. The number of ether oxygens (including phenoxy) is 2. The van der Waals surface area contributed by atoms with Crippen molar-refractivity contribution in [3.8, 4) is 5.75 Å². The van der Waals surface area contributed by atoms with Crippen LogP contribution >= 0.6 is 24.0 Å². The van der Waals surface area contributed by atoms with Gasteiger partial charge in [0.05, 0.1) is 13.2 Å². The average Bonchev–Trinajstić information content (AvgIpc) is 2.52. The maximum Gasteiger partial charge on any atom is 0.191 e. The van der Waals surface area contributed by atoms with E-state index in [1.807, 2.05) is 12.1 Å². The van der Waals surface area contributed by atoms with Crippen molar-refractivity contribution in [1.82, 2.24) is 10.6 Å². The van der Waals surface area contributed by atoms with Gasteiger partial charge in [-0.25, -0.2) is 0 Å². The van der Waals surface area contributed by atoms with E-state index in [9.17, 15) is 0 Å². The minimum absolute atomic E-state index is 0. The van der Waals surface area contributed by atoms with Gasteiger partial charge in [-0.1, -0.05) is 19.1 Å². The Morgan fingerprint density at radius 2 is 1.95 bits per heavy atom. The van der Waals surface area contributed by atoms with E-state index in [0.29, 0.717) is 6.61 Å². The molecule has 0 amide bonds. The highest BCUT2D eigenvalue weighted by atomic mass is 127. The minimum atomic E-state index is 0. The molecule has 0 radical (unpaired) electrons. The van der Waals surface area contributed by atoms with Gasteiger partial charge in [-0.15, -0.1) is 24.0 Å². The summed E-state index contributed by atoms with van der Waals surface area (Å²) in [7, 11) is 3.45. The fourth-order valence-corrected chi connectivity index (χ4v) is 1.83. The van der Waals surface area contributed by atoms with E-state index in [4.69, 9.17) is 9.47 Å². The molecule has 0 saturated heterocycles. The number of halogens is 1. The van der Waals surface area contributed by atoms with Crippen molar-refractivity contribution in [2.75, 3.05) is 40.5 Å². The molecular weight excluding hydrogens is 393 g/mol. The summed E-state index contributed by atoms with van der Waals surface area (Å²) in [5, 5.41) is 6.47. The number of aliphatic imine (C=N–C) groups is 1. The lowest BCUT2D eigenvalue weighted by Gasteiger charge is -2.12. The van der Waals surface area contributed by atoms with Crippen molar-refractivity contribution in [3.63, 3.8) is 0 Å². The van der Waals surface area contributed by atoms with Crippen molar-refractivity contribution >= 4 is 29.9 Å². The van der Waals surface area contributed by atoms with Gasteiger partial charge in [-0.05, 0) is 30.5 Å². The Bertz CT molecular complexity index is 428. The SMILES string of the molecule is CCCOc1cccc(CCNC(=NC)NCCOC)c1.I. The van der Waals surface area contributed by atoms with Crippen LogP contribution in [-0.4, -0.2) is 46.4 Å². The fourth-order valence-electron chi connectivity index (χ4n) is 1.83. The standard InChI is InChI=1S/C16H27N3O2.HI/c1-4-11-21-15-7-5-6-14(13-15)8-9-18-16(17-2)19-10-12-20-3;/h5-7,13H,4,8-12H2,1-3H3,(H2,17,18,19);1H. The quantitative estimate of drug-likeness (QED) is 0.279. The molecule has 0 aromatic heterocycles. The van der Waals surface area contributed by atoms with Crippen LogP contribution in [0.4, 0.5) is 0 Å². The van der Waals surface area contributed by atoms with E-state index in [2.05, 4.69) is 34.7 Å². The van der Waals surface area contributed by atoms with Crippen molar-refractivity contribution in [1.29, 1.82) is 0 Å². The van der Waals surface area contributed by atoms with Gasteiger partial charge >= 0.3 is 0 Å². The smallest absolute Gasteiger partial charge is 0.191 e. The van der Waals surface area contributed by atoms with E-state index in [-0.39, 0.29) is 24.0 Å². The molecule has 22 heavy (non-hydrogen) atoms. The average molecular weight is 421 g/mol. The second-order valence-corrected chi connectivity index (χ2v) is 4.66. The number of benzene rings is 1. The first-order valence-corrected chi connectivity index (χ1v) is 7.45. The molecule has 0 aliphatic heterocycles. The largest absolute Gasteiger partial charge is 0.494 e. The van der Waals surface area contributed by atoms with Gasteiger partial charge < -0.3 is 20.1 Å². The van der Waals surface area contributed by atoms with Crippen molar-refractivity contribution < 1.29 is 9.47 Å². The summed E-state index contributed by atoms with van der Waals surface area (Å²) in [6.45, 7) is 5.10. The summed E-state index contributed by atoms with van der Waals surface area (Å²) in [5.74, 6) is 1.74. The number of nitrogens with zero attached hydrogens (tertiary/aromatic N) is 1. The van der Waals surface area contributed by atoms with Crippen LogP contribution in [0, 0.1) is 0 Å². The molecule has 1 aromatic carbocycles. The predicted molar refractivity (Wildman–Crippen MR) is 103 cm³/mol. The first-order valence-electron chi connectivity index (χ1n) is 7.45. The highest BCUT2D eigenvalue weighted by Gasteiger charge is 1.99. The molecule has 0 bridgehead atoms. The molecule has 0 aliphatic rings. The number of rotatable bonds is 9.